The molecule has 0 atom stereocenters. The van der Waals surface area contributed by atoms with Crippen LogP contribution in [0, 0.1) is 6.92 Å². The first-order chi connectivity index (χ1) is 8.84. The Hall–Kier alpha value is -2.02. The molecule has 7 heteroatoms. The smallest absolute Gasteiger partial charge is 0.283 e. The number of nitrogens with two attached hydrogens (primary N) is 1. The van der Waals surface area contributed by atoms with Crippen molar-refractivity contribution in [2.24, 2.45) is 7.05 Å². The molecule has 0 aliphatic rings. The molecule has 0 unspecified atom stereocenters. The highest BCUT2D eigenvalue weighted by atomic mass is 32.2. The van der Waals surface area contributed by atoms with Crippen LogP contribution in [0.3, 0.4) is 0 Å². The van der Waals surface area contributed by atoms with Gasteiger partial charge in [-0.05, 0) is 19.1 Å². The molecule has 19 heavy (non-hydrogen) atoms. The lowest BCUT2D eigenvalue weighted by Gasteiger charge is -2.19. The molecule has 0 fully saturated rings. The summed E-state index contributed by atoms with van der Waals surface area (Å²) in [6.45, 7) is 1.94. The molecule has 2 N–H and O–H groups in total. The maximum absolute atomic E-state index is 12.5. The summed E-state index contributed by atoms with van der Waals surface area (Å²) in [6.07, 6.45) is 1.38. The molecule has 1 aromatic heterocycles. The van der Waals surface area contributed by atoms with Gasteiger partial charge in [0.1, 0.15) is 0 Å². The number of anilines is 2. The van der Waals surface area contributed by atoms with Crippen LogP contribution < -0.4 is 10.0 Å². The molecule has 102 valence electrons. The molecule has 0 saturated carbocycles. The van der Waals surface area contributed by atoms with Gasteiger partial charge in [0.15, 0.2) is 10.8 Å². The van der Waals surface area contributed by atoms with Gasteiger partial charge in [-0.1, -0.05) is 17.7 Å². The summed E-state index contributed by atoms with van der Waals surface area (Å²) in [5.74, 6) is 0.00135. The maximum atomic E-state index is 12.5. The number of imidazole rings is 1. The third kappa shape index (κ3) is 2.28. The van der Waals surface area contributed by atoms with Gasteiger partial charge in [0, 0.05) is 14.1 Å². The molecule has 0 aliphatic heterocycles. The number of aromatic nitrogens is 2. The minimum Gasteiger partial charge on any atom is -0.381 e. The first-order valence-electron chi connectivity index (χ1n) is 5.66. The highest BCUT2D eigenvalue weighted by Gasteiger charge is 2.27. The molecule has 0 saturated heterocycles. The number of benzene rings is 1. The highest BCUT2D eigenvalue weighted by Crippen LogP contribution is 2.24. The first kappa shape index (κ1) is 13.4. The van der Waals surface area contributed by atoms with Crippen LogP contribution in [0.15, 0.2) is 35.6 Å². The average Bonchev–Trinajstić information content (AvgIpc) is 2.69. The van der Waals surface area contributed by atoms with Crippen molar-refractivity contribution < 1.29 is 8.42 Å². The van der Waals surface area contributed by atoms with E-state index in [1.54, 1.807) is 19.2 Å². The first-order valence-corrected chi connectivity index (χ1v) is 7.10. The molecule has 2 aromatic rings. The summed E-state index contributed by atoms with van der Waals surface area (Å²) in [5.41, 5.74) is 7.27. The van der Waals surface area contributed by atoms with Crippen LogP contribution in [0.2, 0.25) is 0 Å². The highest BCUT2D eigenvalue weighted by molar-refractivity contribution is 7.92. The van der Waals surface area contributed by atoms with Gasteiger partial charge in [-0.25, -0.2) is 4.98 Å². The lowest BCUT2D eigenvalue weighted by molar-refractivity contribution is 0.585. The van der Waals surface area contributed by atoms with Crippen LogP contribution in [0.4, 0.5) is 11.5 Å². The lowest BCUT2D eigenvalue weighted by Crippen LogP contribution is -2.28. The number of rotatable bonds is 3. The van der Waals surface area contributed by atoms with E-state index in [-0.39, 0.29) is 10.8 Å². The Morgan fingerprint density at radius 3 is 2.32 bits per heavy atom. The van der Waals surface area contributed by atoms with Crippen molar-refractivity contribution in [3.05, 3.63) is 36.2 Å². The van der Waals surface area contributed by atoms with Crippen molar-refractivity contribution in [1.29, 1.82) is 0 Å². The predicted molar refractivity (Wildman–Crippen MR) is 74.4 cm³/mol. The van der Waals surface area contributed by atoms with E-state index in [9.17, 15) is 8.42 Å². The van der Waals surface area contributed by atoms with Gasteiger partial charge >= 0.3 is 0 Å². The largest absolute Gasteiger partial charge is 0.381 e. The van der Waals surface area contributed by atoms with Crippen LogP contribution in [-0.2, 0) is 17.1 Å². The fourth-order valence-corrected chi connectivity index (χ4v) is 3.16. The van der Waals surface area contributed by atoms with Crippen molar-refractivity contribution >= 4 is 21.5 Å². The fraction of sp³-hybridized carbons (Fsp3) is 0.250. The number of hydrogen-bond acceptors (Lipinski definition) is 4. The second-order valence-corrected chi connectivity index (χ2v) is 6.24. The van der Waals surface area contributed by atoms with E-state index in [0.29, 0.717) is 5.69 Å². The zero-order valence-corrected chi connectivity index (χ0v) is 11.8. The molecule has 6 nitrogen and oxygen atoms in total. The van der Waals surface area contributed by atoms with Crippen LogP contribution >= 0.6 is 0 Å². The summed E-state index contributed by atoms with van der Waals surface area (Å²) < 4.78 is 27.6. The van der Waals surface area contributed by atoms with Gasteiger partial charge in [0.25, 0.3) is 10.0 Å². The molecule has 0 radical (unpaired) electrons. The Morgan fingerprint density at radius 2 is 1.84 bits per heavy atom. The Balaban J connectivity index is 2.48. The van der Waals surface area contributed by atoms with Crippen molar-refractivity contribution in [3.63, 3.8) is 0 Å². The quantitative estimate of drug-likeness (QED) is 0.914. The topological polar surface area (TPSA) is 81.2 Å². The van der Waals surface area contributed by atoms with Crippen molar-refractivity contribution in [1.82, 2.24) is 9.55 Å². The van der Waals surface area contributed by atoms with E-state index in [1.165, 1.54) is 22.2 Å². The Labute approximate surface area is 112 Å². The third-order valence-corrected chi connectivity index (χ3v) is 4.83. The van der Waals surface area contributed by atoms with E-state index < -0.39 is 10.0 Å². The summed E-state index contributed by atoms with van der Waals surface area (Å²) in [4.78, 5) is 3.81. The van der Waals surface area contributed by atoms with Gasteiger partial charge in [0.2, 0.25) is 0 Å². The van der Waals surface area contributed by atoms with Gasteiger partial charge < -0.3 is 10.3 Å². The Kier molecular flexibility index (Phi) is 3.23. The number of nitrogen functional groups attached to an aromatic ring is 1. The van der Waals surface area contributed by atoms with Crippen molar-refractivity contribution in [3.8, 4) is 0 Å². The normalized spacial score (nSPS) is 11.5. The van der Waals surface area contributed by atoms with E-state index in [0.717, 1.165) is 5.56 Å². The maximum Gasteiger partial charge on any atom is 0.283 e. The molecule has 1 heterocycles. The molecule has 1 aromatic carbocycles. The van der Waals surface area contributed by atoms with E-state index >= 15 is 0 Å². The summed E-state index contributed by atoms with van der Waals surface area (Å²) in [7, 11) is -0.625. The van der Waals surface area contributed by atoms with Crippen molar-refractivity contribution in [2.45, 2.75) is 11.9 Å². The van der Waals surface area contributed by atoms with Crippen LogP contribution in [0.5, 0.6) is 0 Å². The standard InChI is InChI=1S/C12H16N4O2S/c1-9-4-6-10(7-5-9)16(3)19(17,18)12-11(13)14-8-15(12)2/h4-8H,13H2,1-3H3. The van der Waals surface area contributed by atoms with Gasteiger partial charge in [-0.15, -0.1) is 0 Å². The van der Waals surface area contributed by atoms with Gasteiger partial charge in [-0.3, -0.25) is 4.31 Å². The minimum absolute atomic E-state index is 0.00135. The van der Waals surface area contributed by atoms with E-state index in [2.05, 4.69) is 4.98 Å². The zero-order chi connectivity index (χ0) is 14.2. The van der Waals surface area contributed by atoms with Crippen molar-refractivity contribution in [2.75, 3.05) is 17.1 Å². The minimum atomic E-state index is -3.71. The Bertz CT molecular complexity index is 670. The van der Waals surface area contributed by atoms with Crippen LogP contribution in [-0.4, -0.2) is 25.0 Å². The molecule has 2 rings (SSSR count). The Morgan fingerprint density at radius 1 is 1.26 bits per heavy atom. The molecular formula is C12H16N4O2S. The zero-order valence-electron chi connectivity index (χ0n) is 11.0. The molecule has 0 bridgehead atoms. The second-order valence-electron chi connectivity index (χ2n) is 4.35. The lowest BCUT2D eigenvalue weighted by atomic mass is 10.2. The fourth-order valence-electron chi connectivity index (χ4n) is 1.77. The molecule has 0 spiro atoms. The molecule has 0 amide bonds. The second kappa shape index (κ2) is 4.58. The van der Waals surface area contributed by atoms with Gasteiger partial charge in [-0.2, -0.15) is 8.42 Å². The molecular weight excluding hydrogens is 264 g/mol. The van der Waals surface area contributed by atoms with E-state index in [1.807, 2.05) is 19.1 Å². The van der Waals surface area contributed by atoms with Crippen LogP contribution in [0.1, 0.15) is 5.56 Å². The monoisotopic (exact) mass is 280 g/mol. The number of aryl methyl sites for hydroxylation is 2. The number of sulfonamides is 1. The van der Waals surface area contributed by atoms with Gasteiger partial charge in [0.05, 0.1) is 12.0 Å². The third-order valence-electron chi connectivity index (χ3n) is 2.91. The van der Waals surface area contributed by atoms with E-state index in [4.69, 9.17) is 5.73 Å². The summed E-state index contributed by atoms with van der Waals surface area (Å²) >= 11 is 0. The van der Waals surface area contributed by atoms with Crippen LogP contribution in [0.25, 0.3) is 0 Å². The SMILES string of the molecule is Cc1ccc(N(C)S(=O)(=O)c2c(N)ncn2C)cc1. The number of hydrogen-bond donors (Lipinski definition) is 1. The predicted octanol–water partition coefficient (Wildman–Crippen LogP) is 1.14. The summed E-state index contributed by atoms with van der Waals surface area (Å²) in [5, 5.41) is -0.00410. The summed E-state index contributed by atoms with van der Waals surface area (Å²) in [6, 6.07) is 7.21. The average molecular weight is 280 g/mol. The molecule has 0 aliphatic carbocycles. The number of nitrogens with zero attached hydrogens (tertiary/aromatic N) is 3.